The average molecular weight is 296 g/mol. The van der Waals surface area contributed by atoms with E-state index in [0.717, 1.165) is 40.0 Å². The van der Waals surface area contributed by atoms with Crippen molar-refractivity contribution in [3.63, 3.8) is 0 Å². The number of halogens is 1. The van der Waals surface area contributed by atoms with E-state index in [-0.39, 0.29) is 0 Å². The number of anilines is 1. The molecule has 0 unspecified atom stereocenters. The Morgan fingerprint density at radius 2 is 2.35 bits per heavy atom. The van der Waals surface area contributed by atoms with Gasteiger partial charge in [0.25, 0.3) is 0 Å². The fraction of sp³-hybridized carbons (Fsp3) is 0.333. The van der Waals surface area contributed by atoms with Gasteiger partial charge in [-0.25, -0.2) is 4.98 Å². The van der Waals surface area contributed by atoms with Crippen LogP contribution in [-0.4, -0.2) is 15.8 Å². The average Bonchev–Trinajstić information content (AvgIpc) is 2.68. The van der Waals surface area contributed by atoms with Crippen molar-refractivity contribution < 1.29 is 4.79 Å². The highest BCUT2D eigenvalue weighted by atomic mass is 79.9. The molecular formula is C12H14BrN3O. The summed E-state index contributed by atoms with van der Waals surface area (Å²) >= 11 is 3.44. The number of nitrogens with one attached hydrogen (secondary N) is 1. The molecule has 0 fully saturated rings. The Morgan fingerprint density at radius 3 is 2.94 bits per heavy atom. The molecule has 0 atom stereocenters. The number of carbonyl (C=O) groups is 1. The first kappa shape index (κ1) is 12.1. The molecule has 1 amide bonds. The third kappa shape index (κ3) is 2.07. The SMILES string of the molecule is CCc1nc2c(C)cc(CBr)cn2c1NC=O. The predicted octanol–water partition coefficient (Wildman–Crippen LogP) is 2.67. The molecule has 0 saturated carbocycles. The van der Waals surface area contributed by atoms with E-state index in [2.05, 4.69) is 32.3 Å². The zero-order valence-corrected chi connectivity index (χ0v) is 11.4. The zero-order chi connectivity index (χ0) is 12.4. The Kier molecular flexibility index (Phi) is 3.47. The van der Waals surface area contributed by atoms with Crippen LogP contribution >= 0.6 is 15.9 Å². The number of pyridine rings is 1. The fourth-order valence-electron chi connectivity index (χ4n) is 1.96. The summed E-state index contributed by atoms with van der Waals surface area (Å²) in [6, 6.07) is 2.10. The van der Waals surface area contributed by atoms with Crippen LogP contribution in [0, 0.1) is 6.92 Å². The number of fused-ring (bicyclic) bond motifs is 1. The van der Waals surface area contributed by atoms with Gasteiger partial charge in [0.05, 0.1) is 5.69 Å². The van der Waals surface area contributed by atoms with Crippen LogP contribution in [0.4, 0.5) is 5.82 Å². The molecule has 0 bridgehead atoms. The maximum absolute atomic E-state index is 10.7. The van der Waals surface area contributed by atoms with E-state index in [1.165, 1.54) is 0 Å². The molecule has 0 saturated heterocycles. The minimum atomic E-state index is 0.693. The number of carbonyl (C=O) groups excluding carboxylic acids is 1. The number of rotatable bonds is 4. The Morgan fingerprint density at radius 1 is 1.59 bits per heavy atom. The Bertz CT molecular complexity index is 562. The van der Waals surface area contributed by atoms with E-state index in [9.17, 15) is 4.79 Å². The predicted molar refractivity (Wildman–Crippen MR) is 71.6 cm³/mol. The second kappa shape index (κ2) is 4.87. The van der Waals surface area contributed by atoms with Crippen molar-refractivity contribution in [3.05, 3.63) is 29.1 Å². The summed E-state index contributed by atoms with van der Waals surface area (Å²) in [6.45, 7) is 4.05. The van der Waals surface area contributed by atoms with Gasteiger partial charge in [0, 0.05) is 11.5 Å². The molecule has 2 aromatic rings. The van der Waals surface area contributed by atoms with E-state index >= 15 is 0 Å². The van der Waals surface area contributed by atoms with Gasteiger partial charge in [-0.3, -0.25) is 9.20 Å². The summed E-state index contributed by atoms with van der Waals surface area (Å²) in [5.41, 5.74) is 4.07. The van der Waals surface area contributed by atoms with Crippen LogP contribution in [0.25, 0.3) is 5.65 Å². The molecule has 2 aromatic heterocycles. The van der Waals surface area contributed by atoms with Gasteiger partial charge in [-0.2, -0.15) is 0 Å². The monoisotopic (exact) mass is 295 g/mol. The molecule has 2 heterocycles. The summed E-state index contributed by atoms with van der Waals surface area (Å²) in [6.07, 6.45) is 3.48. The first-order chi connectivity index (χ1) is 8.21. The maximum atomic E-state index is 10.7. The van der Waals surface area contributed by atoms with Crippen molar-refractivity contribution in [3.8, 4) is 0 Å². The number of hydrogen-bond acceptors (Lipinski definition) is 2. The van der Waals surface area contributed by atoms with Gasteiger partial charge in [0.15, 0.2) is 0 Å². The summed E-state index contributed by atoms with van der Waals surface area (Å²) in [7, 11) is 0. The topological polar surface area (TPSA) is 46.4 Å². The number of aryl methyl sites for hydroxylation is 2. The van der Waals surface area contributed by atoms with Gasteiger partial charge in [0.2, 0.25) is 6.41 Å². The zero-order valence-electron chi connectivity index (χ0n) is 9.83. The molecular weight excluding hydrogens is 282 g/mol. The third-order valence-corrected chi connectivity index (χ3v) is 3.37. The molecule has 17 heavy (non-hydrogen) atoms. The van der Waals surface area contributed by atoms with Crippen molar-refractivity contribution in [2.75, 3.05) is 5.32 Å². The highest BCUT2D eigenvalue weighted by Crippen LogP contribution is 2.22. The minimum absolute atomic E-state index is 0.693. The molecule has 5 heteroatoms. The summed E-state index contributed by atoms with van der Waals surface area (Å²) < 4.78 is 1.94. The Labute approximate surface area is 108 Å². The van der Waals surface area contributed by atoms with Crippen LogP contribution < -0.4 is 5.32 Å². The normalized spacial score (nSPS) is 10.8. The number of amides is 1. The summed E-state index contributed by atoms with van der Waals surface area (Å²) in [5, 5.41) is 3.51. The summed E-state index contributed by atoms with van der Waals surface area (Å²) in [5.74, 6) is 0.767. The smallest absolute Gasteiger partial charge is 0.212 e. The molecule has 0 radical (unpaired) electrons. The molecule has 2 rings (SSSR count). The number of aromatic nitrogens is 2. The fourth-order valence-corrected chi connectivity index (χ4v) is 2.26. The molecule has 0 spiro atoms. The lowest BCUT2D eigenvalue weighted by atomic mass is 10.2. The van der Waals surface area contributed by atoms with Gasteiger partial charge < -0.3 is 5.32 Å². The first-order valence-electron chi connectivity index (χ1n) is 5.47. The quantitative estimate of drug-likeness (QED) is 0.696. The van der Waals surface area contributed by atoms with Crippen LogP contribution in [0.15, 0.2) is 12.3 Å². The molecule has 0 aliphatic rings. The second-order valence-electron chi connectivity index (χ2n) is 3.88. The van der Waals surface area contributed by atoms with Gasteiger partial charge >= 0.3 is 0 Å². The molecule has 90 valence electrons. The van der Waals surface area contributed by atoms with Gasteiger partial charge in [0.1, 0.15) is 11.5 Å². The molecule has 0 aromatic carbocycles. The first-order valence-corrected chi connectivity index (χ1v) is 6.60. The number of alkyl halides is 1. The second-order valence-corrected chi connectivity index (χ2v) is 4.44. The lowest BCUT2D eigenvalue weighted by Crippen LogP contribution is -2.01. The van der Waals surface area contributed by atoms with Crippen LogP contribution in [0.5, 0.6) is 0 Å². The minimum Gasteiger partial charge on any atom is -0.313 e. The van der Waals surface area contributed by atoms with E-state index in [1.54, 1.807) is 0 Å². The third-order valence-electron chi connectivity index (χ3n) is 2.72. The van der Waals surface area contributed by atoms with Crippen molar-refractivity contribution in [2.24, 2.45) is 0 Å². The molecule has 1 N–H and O–H groups in total. The molecule has 4 nitrogen and oxygen atoms in total. The lowest BCUT2D eigenvalue weighted by Gasteiger charge is -2.05. The van der Waals surface area contributed by atoms with E-state index in [1.807, 2.05) is 24.4 Å². The Hall–Kier alpha value is -1.36. The molecule has 0 aliphatic carbocycles. The van der Waals surface area contributed by atoms with Gasteiger partial charge in [-0.15, -0.1) is 0 Å². The molecule has 0 aliphatic heterocycles. The van der Waals surface area contributed by atoms with Crippen LogP contribution in [-0.2, 0) is 16.5 Å². The van der Waals surface area contributed by atoms with Crippen molar-refractivity contribution >= 4 is 33.8 Å². The lowest BCUT2D eigenvalue weighted by molar-refractivity contribution is -0.105. The Balaban J connectivity index is 2.74. The highest BCUT2D eigenvalue weighted by Gasteiger charge is 2.12. The standard InChI is InChI=1S/C12H14BrN3O/c1-3-10-12(14-7-17)16-6-9(5-13)4-8(2)11(16)15-10/h4,6-7H,3,5H2,1-2H3,(H,14,17). The number of imidazole rings is 1. The highest BCUT2D eigenvalue weighted by molar-refractivity contribution is 9.08. The summed E-state index contributed by atoms with van der Waals surface area (Å²) in [4.78, 5) is 15.2. The van der Waals surface area contributed by atoms with Crippen molar-refractivity contribution in [1.29, 1.82) is 0 Å². The number of nitrogens with zero attached hydrogens (tertiary/aromatic N) is 2. The van der Waals surface area contributed by atoms with Crippen LogP contribution in [0.2, 0.25) is 0 Å². The van der Waals surface area contributed by atoms with Crippen molar-refractivity contribution in [2.45, 2.75) is 25.6 Å². The van der Waals surface area contributed by atoms with Crippen LogP contribution in [0.3, 0.4) is 0 Å². The van der Waals surface area contributed by atoms with Gasteiger partial charge in [-0.05, 0) is 24.5 Å². The maximum Gasteiger partial charge on any atom is 0.212 e. The van der Waals surface area contributed by atoms with E-state index < -0.39 is 0 Å². The van der Waals surface area contributed by atoms with Crippen LogP contribution in [0.1, 0.15) is 23.7 Å². The largest absolute Gasteiger partial charge is 0.313 e. The van der Waals surface area contributed by atoms with Crippen molar-refractivity contribution in [1.82, 2.24) is 9.38 Å². The number of hydrogen-bond donors (Lipinski definition) is 1. The van der Waals surface area contributed by atoms with Gasteiger partial charge in [-0.1, -0.05) is 28.9 Å². The van der Waals surface area contributed by atoms with E-state index in [4.69, 9.17) is 0 Å². The van der Waals surface area contributed by atoms with E-state index in [0.29, 0.717) is 6.41 Å².